The van der Waals surface area contributed by atoms with E-state index in [9.17, 15) is 19.2 Å². The lowest BCUT2D eigenvalue weighted by molar-refractivity contribution is -0.138. The minimum atomic E-state index is -1.25. The number of rotatable bonds is 8. The first-order chi connectivity index (χ1) is 17.2. The number of carbonyl (C=O) groups excluding carboxylic acids is 3. The van der Waals surface area contributed by atoms with Crippen LogP contribution >= 0.6 is 11.6 Å². The molecular formula is C26H24ClN3O6. The number of amides is 3. The fraction of sp³-hybridized carbons (Fsp3) is 0.231. The summed E-state index contributed by atoms with van der Waals surface area (Å²) in [5.74, 6) is -2.83. The van der Waals surface area contributed by atoms with E-state index in [-0.39, 0.29) is 24.8 Å². The van der Waals surface area contributed by atoms with E-state index in [1.165, 1.54) is 0 Å². The van der Waals surface area contributed by atoms with E-state index in [0.29, 0.717) is 16.1 Å². The lowest BCUT2D eigenvalue weighted by Crippen LogP contribution is -2.44. The van der Waals surface area contributed by atoms with E-state index in [1.54, 1.807) is 18.2 Å². The van der Waals surface area contributed by atoms with Crippen LogP contribution in [0.2, 0.25) is 5.02 Å². The molecule has 1 fully saturated rings. The molecule has 9 nitrogen and oxygen atoms in total. The molecule has 0 radical (unpaired) electrons. The number of aliphatic carboxylic acids is 1. The number of carboxylic acids is 1. The molecule has 1 heterocycles. The van der Waals surface area contributed by atoms with Crippen molar-refractivity contribution in [2.24, 2.45) is 0 Å². The Morgan fingerprint density at radius 1 is 1.00 bits per heavy atom. The number of fused-ring (bicyclic) bond motifs is 1. The van der Waals surface area contributed by atoms with Crippen molar-refractivity contribution in [1.29, 1.82) is 0 Å². The van der Waals surface area contributed by atoms with Crippen LogP contribution in [0.4, 0.5) is 0 Å². The lowest BCUT2D eigenvalue weighted by Gasteiger charge is -2.18. The van der Waals surface area contributed by atoms with Crippen molar-refractivity contribution in [1.82, 2.24) is 16.2 Å². The molecular weight excluding hydrogens is 486 g/mol. The topological polar surface area (TPSA) is 137 Å². The first kappa shape index (κ1) is 25.2. The van der Waals surface area contributed by atoms with Crippen LogP contribution in [0.1, 0.15) is 40.9 Å². The van der Waals surface area contributed by atoms with E-state index in [0.717, 1.165) is 16.3 Å². The summed E-state index contributed by atoms with van der Waals surface area (Å²) in [4.78, 5) is 47.9. The van der Waals surface area contributed by atoms with Crippen LogP contribution < -0.4 is 16.2 Å². The maximum atomic E-state index is 13.2. The van der Waals surface area contributed by atoms with Gasteiger partial charge in [0.15, 0.2) is 12.2 Å². The molecule has 1 aliphatic rings. The number of benzene rings is 3. The van der Waals surface area contributed by atoms with Gasteiger partial charge in [-0.3, -0.25) is 25.2 Å². The second kappa shape index (κ2) is 10.8. The quantitative estimate of drug-likeness (QED) is 0.272. The zero-order valence-corrected chi connectivity index (χ0v) is 20.0. The van der Waals surface area contributed by atoms with E-state index >= 15 is 0 Å². The molecule has 4 N–H and O–H groups in total. The van der Waals surface area contributed by atoms with Crippen molar-refractivity contribution in [3.8, 4) is 0 Å². The molecule has 0 aliphatic carbocycles. The van der Waals surface area contributed by atoms with Gasteiger partial charge in [0, 0.05) is 17.0 Å². The van der Waals surface area contributed by atoms with Crippen molar-refractivity contribution >= 4 is 46.1 Å². The van der Waals surface area contributed by atoms with Crippen molar-refractivity contribution in [2.45, 2.75) is 38.0 Å². The monoisotopic (exact) mass is 509 g/mol. The van der Waals surface area contributed by atoms with Gasteiger partial charge >= 0.3 is 5.97 Å². The second-order valence-corrected chi connectivity index (χ2v) is 8.85. The Balaban J connectivity index is 1.38. The first-order valence-corrected chi connectivity index (χ1v) is 11.7. The minimum Gasteiger partial charge on any atom is -0.479 e. The molecule has 186 valence electrons. The summed E-state index contributed by atoms with van der Waals surface area (Å²) >= 11 is 6.15. The Hall–Kier alpha value is -3.95. The number of nitrogens with one attached hydrogen (secondary N) is 3. The van der Waals surface area contributed by atoms with Gasteiger partial charge in [0.1, 0.15) is 0 Å². The normalized spacial score (nSPS) is 17.2. The van der Waals surface area contributed by atoms with Crippen LogP contribution in [0.3, 0.4) is 0 Å². The Kier molecular flexibility index (Phi) is 7.52. The zero-order valence-electron chi connectivity index (χ0n) is 19.3. The molecule has 3 amide bonds. The maximum absolute atomic E-state index is 13.2. The van der Waals surface area contributed by atoms with Crippen molar-refractivity contribution in [3.63, 3.8) is 0 Å². The van der Waals surface area contributed by atoms with Gasteiger partial charge < -0.3 is 15.2 Å². The predicted molar refractivity (Wildman–Crippen MR) is 132 cm³/mol. The third-order valence-electron chi connectivity index (χ3n) is 5.89. The van der Waals surface area contributed by atoms with Gasteiger partial charge in [0.25, 0.3) is 11.8 Å². The zero-order chi connectivity index (χ0) is 25.8. The third-order valence-corrected chi connectivity index (χ3v) is 6.13. The summed E-state index contributed by atoms with van der Waals surface area (Å²) in [6.07, 6.45) is -2.15. The third kappa shape index (κ3) is 5.81. The van der Waals surface area contributed by atoms with Crippen LogP contribution in [0.15, 0.2) is 60.7 Å². The highest BCUT2D eigenvalue weighted by Gasteiger charge is 2.50. The molecule has 0 bridgehead atoms. The number of carbonyl (C=O) groups is 4. The fourth-order valence-corrected chi connectivity index (χ4v) is 4.14. The van der Waals surface area contributed by atoms with Crippen LogP contribution in [0.5, 0.6) is 0 Å². The first-order valence-electron chi connectivity index (χ1n) is 11.3. The second-order valence-electron chi connectivity index (χ2n) is 8.42. The number of hydrazine groups is 1. The van der Waals surface area contributed by atoms with E-state index < -0.39 is 30.0 Å². The molecule has 3 aromatic rings. The van der Waals surface area contributed by atoms with Gasteiger partial charge in [0.2, 0.25) is 5.91 Å². The van der Waals surface area contributed by atoms with Gasteiger partial charge in [-0.05, 0) is 47.4 Å². The molecule has 1 saturated heterocycles. The molecule has 0 spiro atoms. The van der Waals surface area contributed by atoms with Crippen LogP contribution in [0.25, 0.3) is 10.8 Å². The van der Waals surface area contributed by atoms with E-state index in [1.807, 2.05) is 49.4 Å². The summed E-state index contributed by atoms with van der Waals surface area (Å²) in [6.45, 7) is 1.90. The van der Waals surface area contributed by atoms with Crippen LogP contribution in [-0.4, -0.2) is 41.0 Å². The van der Waals surface area contributed by atoms with Gasteiger partial charge in [-0.25, -0.2) is 4.79 Å². The van der Waals surface area contributed by atoms with Gasteiger partial charge in [-0.2, -0.15) is 0 Å². The number of hydrogen-bond acceptors (Lipinski definition) is 5. The smallest absolute Gasteiger partial charge is 0.336 e. The molecule has 4 rings (SSSR count). The Bertz CT molecular complexity index is 1340. The molecule has 3 atom stereocenters. The number of halogens is 1. The van der Waals surface area contributed by atoms with Crippen molar-refractivity contribution in [2.75, 3.05) is 0 Å². The highest BCUT2D eigenvalue weighted by atomic mass is 35.5. The Morgan fingerprint density at radius 3 is 2.50 bits per heavy atom. The van der Waals surface area contributed by atoms with Gasteiger partial charge in [-0.1, -0.05) is 60.1 Å². The molecule has 3 aromatic carbocycles. The average Bonchev–Trinajstić information content (AvgIpc) is 3.67. The number of aryl methyl sites for hydroxylation is 1. The number of hydrogen-bond donors (Lipinski definition) is 4. The standard InChI is InChI=1S/C26H24ClN3O6/c1-14(18-8-4-6-15-5-2-3-7-19(15)18)28-24(32)20-13-17(27)11-9-16(20)10-12-21(31)29-30-25(33)22-23(36-22)26(34)35/h2-9,11,13-14,22-23H,10,12H2,1H3,(H,28,32)(H,29,31)(H,30,33)(H,34,35)/t14-,22?,23?/m1/s1. The number of carboxylic acid groups (broad SMARTS) is 1. The molecule has 1 aliphatic heterocycles. The fourth-order valence-electron chi connectivity index (χ4n) is 3.97. The summed E-state index contributed by atoms with van der Waals surface area (Å²) in [5.41, 5.74) is 6.31. The highest BCUT2D eigenvalue weighted by molar-refractivity contribution is 6.31. The largest absolute Gasteiger partial charge is 0.479 e. The Labute approximate surface area is 211 Å². The summed E-state index contributed by atoms with van der Waals surface area (Å²) in [6, 6.07) is 18.4. The van der Waals surface area contributed by atoms with Gasteiger partial charge in [-0.15, -0.1) is 0 Å². The summed E-state index contributed by atoms with van der Waals surface area (Å²) in [7, 11) is 0. The number of ether oxygens (including phenoxy) is 1. The lowest BCUT2D eigenvalue weighted by atomic mass is 9.98. The minimum absolute atomic E-state index is 0.0328. The van der Waals surface area contributed by atoms with Gasteiger partial charge in [0.05, 0.1) is 6.04 Å². The molecule has 10 heteroatoms. The molecule has 0 aromatic heterocycles. The summed E-state index contributed by atoms with van der Waals surface area (Å²) in [5, 5.41) is 14.3. The van der Waals surface area contributed by atoms with E-state index in [4.69, 9.17) is 21.4 Å². The molecule has 36 heavy (non-hydrogen) atoms. The SMILES string of the molecule is C[C@@H](NC(=O)c1cc(Cl)ccc1CCC(=O)NNC(=O)C1OC1C(=O)O)c1cccc2ccccc12. The predicted octanol–water partition coefficient (Wildman–Crippen LogP) is 2.92. The molecule has 2 unspecified atom stereocenters. The van der Waals surface area contributed by atoms with Crippen molar-refractivity contribution < 1.29 is 29.0 Å². The van der Waals surface area contributed by atoms with Crippen LogP contribution in [0, 0.1) is 0 Å². The number of epoxide rings is 1. The van der Waals surface area contributed by atoms with Crippen molar-refractivity contribution in [3.05, 3.63) is 82.4 Å². The molecule has 0 saturated carbocycles. The highest BCUT2D eigenvalue weighted by Crippen LogP contribution is 2.25. The maximum Gasteiger partial charge on any atom is 0.336 e. The Morgan fingerprint density at radius 2 is 1.75 bits per heavy atom. The summed E-state index contributed by atoms with van der Waals surface area (Å²) < 4.78 is 4.72. The van der Waals surface area contributed by atoms with E-state index in [2.05, 4.69) is 16.2 Å². The average molecular weight is 510 g/mol. The van der Waals surface area contributed by atoms with Crippen LogP contribution in [-0.2, 0) is 25.5 Å².